The summed E-state index contributed by atoms with van der Waals surface area (Å²) < 4.78 is 9.76. The highest BCUT2D eigenvalue weighted by atomic mass is 31.1. The van der Waals surface area contributed by atoms with Gasteiger partial charge in [0, 0.05) is 48.9 Å². The van der Waals surface area contributed by atoms with E-state index in [-0.39, 0.29) is 26.2 Å². The summed E-state index contributed by atoms with van der Waals surface area (Å²) in [5.41, 5.74) is 7.36. The van der Waals surface area contributed by atoms with Gasteiger partial charge in [0.25, 0.3) is 5.91 Å². The summed E-state index contributed by atoms with van der Waals surface area (Å²) in [5, 5.41) is 5.72. The number of rotatable bonds is 5. The summed E-state index contributed by atoms with van der Waals surface area (Å²) in [6, 6.07) is 18.4. The van der Waals surface area contributed by atoms with Gasteiger partial charge >= 0.3 is 6.03 Å². The van der Waals surface area contributed by atoms with Crippen LogP contribution < -0.4 is 16.1 Å². The molecule has 2 unspecified atom stereocenters. The summed E-state index contributed by atoms with van der Waals surface area (Å²) in [6.07, 6.45) is 3.58. The van der Waals surface area contributed by atoms with Crippen LogP contribution in [-0.4, -0.2) is 96.3 Å². The van der Waals surface area contributed by atoms with Gasteiger partial charge in [-0.15, -0.1) is 0 Å². The molecule has 6 rings (SSSR count). The number of hydrogen-bond acceptors (Lipinski definition) is 7. The molecule has 0 spiro atoms. The first kappa shape index (κ1) is 27.3. The Kier molecular flexibility index (Phi) is 7.91. The zero-order chi connectivity index (χ0) is 28.3. The van der Waals surface area contributed by atoms with Gasteiger partial charge in [0.05, 0.1) is 19.5 Å². The second kappa shape index (κ2) is 11.9. The first-order chi connectivity index (χ1) is 19.9. The van der Waals surface area contributed by atoms with Crippen molar-refractivity contribution in [3.8, 4) is 0 Å². The molecule has 0 bridgehead atoms. The summed E-state index contributed by atoms with van der Waals surface area (Å²) >= 11 is 0. The van der Waals surface area contributed by atoms with E-state index in [0.29, 0.717) is 30.2 Å². The van der Waals surface area contributed by atoms with Crippen LogP contribution in [0.2, 0.25) is 0 Å². The predicted octanol–water partition coefficient (Wildman–Crippen LogP) is 3.84. The predicted molar refractivity (Wildman–Crippen MR) is 162 cm³/mol. The second-order valence-corrected chi connectivity index (χ2v) is 13.0. The molecule has 2 fully saturated rings. The van der Waals surface area contributed by atoms with Crippen LogP contribution in [0.3, 0.4) is 0 Å². The van der Waals surface area contributed by atoms with Crippen LogP contribution in [0, 0.1) is 0 Å². The average molecular weight is 575 g/mol. The summed E-state index contributed by atoms with van der Waals surface area (Å²) in [6.45, 7) is 3.79. The number of anilines is 2. The van der Waals surface area contributed by atoms with Crippen LogP contribution in [0.5, 0.6) is 0 Å². The van der Waals surface area contributed by atoms with Crippen LogP contribution in [-0.2, 0) is 4.74 Å². The van der Waals surface area contributed by atoms with E-state index in [0.717, 1.165) is 49.2 Å². The number of amides is 3. The molecule has 0 saturated carbocycles. The van der Waals surface area contributed by atoms with E-state index < -0.39 is 0 Å². The number of carbonyl (C=O) groups excluding carboxylic acids is 2. The zero-order valence-electron chi connectivity index (χ0n) is 23.3. The standard InChI is InChI=1S/C29H35N8O3P/c1-34(2)41-19-16-36(20-41)28(38)22-7-11-24(12-8-22)31-29(39)30-23-9-5-21(6-10-23)26-32-27(35-14-17-40-18-15-35)25-4-3-13-37(25)33-26/h3-13,26,33H,14-20H2,1-2H3,(H2,30,31,39). The highest BCUT2D eigenvalue weighted by Crippen LogP contribution is 2.43. The summed E-state index contributed by atoms with van der Waals surface area (Å²) in [5.74, 6) is 0.991. The number of ether oxygens (including phenoxy) is 1. The molecule has 3 amide bonds. The van der Waals surface area contributed by atoms with Crippen LogP contribution >= 0.6 is 8.07 Å². The number of morpholine rings is 1. The molecule has 1 aromatic heterocycles. The number of urea groups is 1. The fraction of sp³-hybridized carbons (Fsp3) is 0.345. The van der Waals surface area contributed by atoms with Crippen LogP contribution in [0.4, 0.5) is 16.2 Å². The number of nitrogens with zero attached hydrogens (tertiary/aromatic N) is 5. The minimum atomic E-state index is -0.353. The Hall–Kier alpha value is -3.92. The molecule has 3 aliphatic rings. The molecule has 3 aliphatic heterocycles. The van der Waals surface area contributed by atoms with E-state index in [9.17, 15) is 9.59 Å². The Bertz CT molecular complexity index is 1420. The number of carbonyl (C=O) groups is 2. The van der Waals surface area contributed by atoms with E-state index in [1.165, 1.54) is 0 Å². The molecule has 2 aromatic carbocycles. The second-order valence-electron chi connectivity index (χ2n) is 10.4. The van der Waals surface area contributed by atoms with Gasteiger partial charge in [-0.2, -0.15) is 0 Å². The molecule has 2 atom stereocenters. The lowest BCUT2D eigenvalue weighted by molar-refractivity contribution is 0.0677. The Morgan fingerprint density at radius 1 is 0.976 bits per heavy atom. The number of nitrogens with one attached hydrogen (secondary N) is 3. The third-order valence-electron chi connectivity index (χ3n) is 7.49. The topological polar surface area (TPSA) is 106 Å². The van der Waals surface area contributed by atoms with Crippen molar-refractivity contribution in [2.24, 2.45) is 4.99 Å². The molecular formula is C29H35N8O3P. The molecular weight excluding hydrogens is 539 g/mol. The van der Waals surface area contributed by atoms with E-state index in [1.807, 2.05) is 46.1 Å². The van der Waals surface area contributed by atoms with E-state index >= 15 is 0 Å². The number of fused-ring (bicyclic) bond motifs is 1. The van der Waals surface area contributed by atoms with Crippen molar-refractivity contribution in [3.05, 3.63) is 83.7 Å². The van der Waals surface area contributed by atoms with Gasteiger partial charge in [-0.3, -0.25) is 19.6 Å². The normalized spacial score (nSPS) is 20.3. The maximum atomic E-state index is 12.9. The minimum absolute atomic E-state index is 0.0368. The largest absolute Gasteiger partial charge is 0.378 e. The molecule has 0 radical (unpaired) electrons. The highest BCUT2D eigenvalue weighted by Gasteiger charge is 2.28. The Morgan fingerprint density at radius 3 is 2.32 bits per heavy atom. The lowest BCUT2D eigenvalue weighted by Gasteiger charge is -2.34. The van der Waals surface area contributed by atoms with Crippen molar-refractivity contribution in [2.45, 2.75) is 6.17 Å². The summed E-state index contributed by atoms with van der Waals surface area (Å²) in [7, 11) is 3.87. The van der Waals surface area contributed by atoms with Crippen molar-refractivity contribution < 1.29 is 14.3 Å². The Labute approximate surface area is 240 Å². The fourth-order valence-electron chi connectivity index (χ4n) is 5.18. The smallest absolute Gasteiger partial charge is 0.323 e. The number of aromatic nitrogens is 1. The van der Waals surface area contributed by atoms with Gasteiger partial charge in [0.2, 0.25) is 0 Å². The van der Waals surface area contributed by atoms with Crippen molar-refractivity contribution in [1.82, 2.24) is 19.1 Å². The van der Waals surface area contributed by atoms with Crippen molar-refractivity contribution >= 4 is 37.2 Å². The van der Waals surface area contributed by atoms with Crippen LogP contribution in [0.1, 0.15) is 27.8 Å². The van der Waals surface area contributed by atoms with Gasteiger partial charge in [0.1, 0.15) is 5.69 Å². The minimum Gasteiger partial charge on any atom is -0.378 e. The van der Waals surface area contributed by atoms with Gasteiger partial charge < -0.3 is 25.2 Å². The molecule has 3 N–H and O–H groups in total. The summed E-state index contributed by atoms with van der Waals surface area (Å²) in [4.78, 5) is 34.7. The SMILES string of the molecule is CN(C)P1CCN(C(=O)c2ccc(NC(=O)Nc3ccc(C4N=C(N5CCOCC5)c5cccn5N4)cc3)cc2)C1. The van der Waals surface area contributed by atoms with Gasteiger partial charge in [-0.05, 0) is 76.3 Å². The molecule has 214 valence electrons. The zero-order valence-corrected chi connectivity index (χ0v) is 24.2. The van der Waals surface area contributed by atoms with Crippen LogP contribution in [0.15, 0.2) is 71.9 Å². The Morgan fingerprint density at radius 2 is 1.66 bits per heavy atom. The number of amidine groups is 1. The lowest BCUT2D eigenvalue weighted by Crippen LogP contribution is -2.45. The molecule has 11 nitrogen and oxygen atoms in total. The van der Waals surface area contributed by atoms with Crippen LogP contribution in [0.25, 0.3) is 0 Å². The monoisotopic (exact) mass is 574 g/mol. The third-order valence-corrected chi connectivity index (χ3v) is 10.0. The number of aliphatic imine (C=N–C) groups is 1. The van der Waals surface area contributed by atoms with Crippen molar-refractivity contribution in [3.63, 3.8) is 0 Å². The molecule has 4 heterocycles. The third kappa shape index (κ3) is 6.07. The molecule has 41 heavy (non-hydrogen) atoms. The highest BCUT2D eigenvalue weighted by molar-refractivity contribution is 7.55. The first-order valence-electron chi connectivity index (χ1n) is 13.8. The molecule has 3 aromatic rings. The van der Waals surface area contributed by atoms with E-state index in [1.54, 1.807) is 24.3 Å². The average Bonchev–Trinajstić information content (AvgIpc) is 3.68. The van der Waals surface area contributed by atoms with E-state index in [2.05, 4.69) is 45.8 Å². The number of benzene rings is 2. The molecule has 12 heteroatoms. The fourth-order valence-corrected chi connectivity index (χ4v) is 7.11. The lowest BCUT2D eigenvalue weighted by atomic mass is 10.1. The van der Waals surface area contributed by atoms with Gasteiger partial charge in [-0.1, -0.05) is 12.1 Å². The van der Waals surface area contributed by atoms with E-state index in [4.69, 9.17) is 9.73 Å². The van der Waals surface area contributed by atoms with Gasteiger partial charge in [-0.25, -0.2) is 9.79 Å². The van der Waals surface area contributed by atoms with Crippen molar-refractivity contribution in [1.29, 1.82) is 0 Å². The maximum Gasteiger partial charge on any atom is 0.323 e. The molecule has 0 aliphatic carbocycles. The van der Waals surface area contributed by atoms with Gasteiger partial charge in [0.15, 0.2) is 12.0 Å². The van der Waals surface area contributed by atoms with Crippen molar-refractivity contribution in [2.75, 3.05) is 75.5 Å². The first-order valence-corrected chi connectivity index (χ1v) is 15.5. The Balaban J connectivity index is 1.05. The maximum absolute atomic E-state index is 12.9. The quantitative estimate of drug-likeness (QED) is 0.400. The number of hydrogen-bond donors (Lipinski definition) is 3. The molecule has 2 saturated heterocycles.